The van der Waals surface area contributed by atoms with Crippen LogP contribution in [-0.2, 0) is 11.3 Å². The largest absolute Gasteiger partial charge is 0.392 e. The van der Waals surface area contributed by atoms with Crippen molar-refractivity contribution in [3.8, 4) is 0 Å². The first-order valence-corrected chi connectivity index (χ1v) is 8.71. The van der Waals surface area contributed by atoms with E-state index in [4.69, 9.17) is 0 Å². The Kier molecular flexibility index (Phi) is 6.84. The maximum atomic E-state index is 11.8. The normalized spacial score (nSPS) is 17.0. The van der Waals surface area contributed by atoms with Crippen LogP contribution >= 0.6 is 0 Å². The molecule has 1 amide bonds. The fourth-order valence-corrected chi connectivity index (χ4v) is 2.71. The summed E-state index contributed by atoms with van der Waals surface area (Å²) in [4.78, 5) is 18.7. The van der Waals surface area contributed by atoms with Crippen molar-refractivity contribution in [2.45, 2.75) is 58.6 Å². The number of carbonyl (C=O) groups is 1. The Morgan fingerprint density at radius 3 is 2.52 bits per heavy atom. The summed E-state index contributed by atoms with van der Waals surface area (Å²) in [5, 5.41) is 12.6. The minimum Gasteiger partial charge on any atom is -0.392 e. The van der Waals surface area contributed by atoms with E-state index in [1.807, 2.05) is 32.2 Å². The van der Waals surface area contributed by atoms with Gasteiger partial charge in [0.15, 0.2) is 0 Å². The Balaban J connectivity index is 1.81. The summed E-state index contributed by atoms with van der Waals surface area (Å²) >= 11 is 0. The third-order valence-corrected chi connectivity index (χ3v) is 4.39. The summed E-state index contributed by atoms with van der Waals surface area (Å²) in [6.45, 7) is 6.43. The fourth-order valence-electron chi connectivity index (χ4n) is 2.71. The van der Waals surface area contributed by atoms with Crippen LogP contribution in [0.3, 0.4) is 0 Å². The zero-order valence-corrected chi connectivity index (χ0v) is 14.3. The summed E-state index contributed by atoms with van der Waals surface area (Å²) in [7, 11) is 0. The van der Waals surface area contributed by atoms with Crippen molar-refractivity contribution in [3.63, 3.8) is 0 Å². The molecule has 1 aromatic rings. The fraction of sp³-hybridized carbons (Fsp3) is 0.667. The molecule has 0 radical (unpaired) electrons. The molecule has 5 heteroatoms. The van der Waals surface area contributed by atoms with E-state index in [9.17, 15) is 9.90 Å². The van der Waals surface area contributed by atoms with E-state index in [-0.39, 0.29) is 18.2 Å². The minimum atomic E-state index is -0.585. The van der Waals surface area contributed by atoms with Crippen molar-refractivity contribution in [3.05, 3.63) is 23.9 Å². The molecule has 2 rings (SSSR count). The zero-order chi connectivity index (χ0) is 16.7. The molecule has 0 aromatic carbocycles. The van der Waals surface area contributed by atoms with E-state index in [1.54, 1.807) is 0 Å². The number of amides is 1. The monoisotopic (exact) mass is 319 g/mol. The average Bonchev–Trinajstić information content (AvgIpc) is 2.82. The molecule has 0 aliphatic carbocycles. The smallest absolute Gasteiger partial charge is 0.222 e. The van der Waals surface area contributed by atoms with Gasteiger partial charge in [0.2, 0.25) is 5.91 Å². The van der Waals surface area contributed by atoms with Crippen LogP contribution in [0.4, 0.5) is 5.82 Å². The number of nitrogens with one attached hydrogen (secondary N) is 1. The van der Waals surface area contributed by atoms with E-state index in [2.05, 4.69) is 15.2 Å². The predicted octanol–water partition coefficient (Wildman–Crippen LogP) is 2.49. The Bertz CT molecular complexity index is 480. The molecular weight excluding hydrogens is 290 g/mol. The second kappa shape index (κ2) is 8.87. The zero-order valence-electron chi connectivity index (χ0n) is 14.3. The van der Waals surface area contributed by atoms with Gasteiger partial charge in [-0.15, -0.1) is 0 Å². The van der Waals surface area contributed by atoms with Gasteiger partial charge < -0.3 is 15.3 Å². The average molecular weight is 319 g/mol. The molecule has 1 fully saturated rings. The van der Waals surface area contributed by atoms with Gasteiger partial charge in [-0.05, 0) is 30.4 Å². The number of hydrogen-bond donors (Lipinski definition) is 2. The highest BCUT2D eigenvalue weighted by atomic mass is 16.3. The van der Waals surface area contributed by atoms with E-state index in [0.29, 0.717) is 6.54 Å². The Morgan fingerprint density at radius 2 is 1.96 bits per heavy atom. The van der Waals surface area contributed by atoms with Gasteiger partial charge in [0.05, 0.1) is 12.5 Å². The van der Waals surface area contributed by atoms with Gasteiger partial charge >= 0.3 is 0 Å². The lowest BCUT2D eigenvalue weighted by atomic mass is 10.0. The van der Waals surface area contributed by atoms with E-state index < -0.39 is 6.10 Å². The molecule has 0 saturated carbocycles. The summed E-state index contributed by atoms with van der Waals surface area (Å²) in [6, 6.07) is 4.06. The minimum absolute atomic E-state index is 0.0929. The Hall–Kier alpha value is -1.62. The second-order valence-electron chi connectivity index (χ2n) is 6.72. The van der Waals surface area contributed by atoms with Gasteiger partial charge in [-0.2, -0.15) is 0 Å². The lowest BCUT2D eigenvalue weighted by Gasteiger charge is -2.21. The number of carbonyl (C=O) groups excluding carboxylic acids is 1. The Labute approximate surface area is 139 Å². The molecule has 1 aliphatic rings. The molecule has 1 aromatic heterocycles. The first-order chi connectivity index (χ1) is 11.1. The number of aliphatic hydroxyl groups excluding tert-OH is 1. The lowest BCUT2D eigenvalue weighted by Crippen LogP contribution is -2.29. The van der Waals surface area contributed by atoms with Crippen molar-refractivity contribution in [2.75, 3.05) is 18.0 Å². The summed E-state index contributed by atoms with van der Waals surface area (Å²) in [5.74, 6) is 0.996. The molecule has 5 nitrogen and oxygen atoms in total. The van der Waals surface area contributed by atoms with Gasteiger partial charge in [0.25, 0.3) is 0 Å². The van der Waals surface area contributed by atoms with Gasteiger partial charge in [-0.1, -0.05) is 32.8 Å². The maximum Gasteiger partial charge on any atom is 0.222 e. The second-order valence-corrected chi connectivity index (χ2v) is 6.72. The van der Waals surface area contributed by atoms with Crippen LogP contribution in [0, 0.1) is 5.92 Å². The highest BCUT2D eigenvalue weighted by molar-refractivity contribution is 5.76. The van der Waals surface area contributed by atoms with E-state index in [1.165, 1.54) is 25.7 Å². The van der Waals surface area contributed by atoms with Crippen molar-refractivity contribution < 1.29 is 9.90 Å². The van der Waals surface area contributed by atoms with Crippen molar-refractivity contribution in [2.24, 2.45) is 5.92 Å². The van der Waals surface area contributed by atoms with E-state index in [0.717, 1.165) is 24.5 Å². The number of hydrogen-bond acceptors (Lipinski definition) is 4. The van der Waals surface area contributed by atoms with Gasteiger partial charge in [-0.25, -0.2) is 4.98 Å². The topological polar surface area (TPSA) is 65.5 Å². The van der Waals surface area contributed by atoms with Crippen LogP contribution in [0.5, 0.6) is 0 Å². The molecular formula is C18H29N3O2. The molecule has 23 heavy (non-hydrogen) atoms. The standard InChI is InChI=1S/C18H29N3O2/c1-14(2)16(22)11-18(23)20-13-15-7-8-17(19-12-15)21-9-5-3-4-6-10-21/h7-8,12,14,16,22H,3-6,9-11,13H2,1-2H3,(H,20,23). The van der Waals surface area contributed by atoms with Crippen LogP contribution in [0.15, 0.2) is 18.3 Å². The Morgan fingerprint density at radius 1 is 1.26 bits per heavy atom. The number of rotatable bonds is 6. The number of aromatic nitrogens is 1. The van der Waals surface area contributed by atoms with Crippen LogP contribution in [-0.4, -0.2) is 35.2 Å². The molecule has 0 spiro atoms. The van der Waals surface area contributed by atoms with Gasteiger partial charge in [0, 0.05) is 25.8 Å². The SMILES string of the molecule is CC(C)C(O)CC(=O)NCc1ccc(N2CCCCCC2)nc1. The van der Waals surface area contributed by atoms with Crippen molar-refractivity contribution in [1.29, 1.82) is 0 Å². The molecule has 1 aliphatic heterocycles. The molecule has 2 N–H and O–H groups in total. The van der Waals surface area contributed by atoms with E-state index >= 15 is 0 Å². The number of anilines is 1. The number of aliphatic hydroxyl groups is 1. The van der Waals surface area contributed by atoms with Crippen LogP contribution in [0.1, 0.15) is 51.5 Å². The molecule has 2 heterocycles. The molecule has 0 bridgehead atoms. The third-order valence-electron chi connectivity index (χ3n) is 4.39. The van der Waals surface area contributed by atoms with Crippen LogP contribution in [0.25, 0.3) is 0 Å². The first kappa shape index (κ1) is 17.7. The maximum absolute atomic E-state index is 11.8. The summed E-state index contributed by atoms with van der Waals surface area (Å²) in [6.07, 6.45) is 6.48. The van der Waals surface area contributed by atoms with Crippen LogP contribution in [0.2, 0.25) is 0 Å². The molecule has 1 saturated heterocycles. The highest BCUT2D eigenvalue weighted by Crippen LogP contribution is 2.17. The molecule has 1 atom stereocenters. The third kappa shape index (κ3) is 5.82. The summed E-state index contributed by atoms with van der Waals surface area (Å²) in [5.41, 5.74) is 0.982. The lowest BCUT2D eigenvalue weighted by molar-refractivity contribution is -0.123. The molecule has 1 unspecified atom stereocenters. The van der Waals surface area contributed by atoms with Gasteiger partial charge in [0.1, 0.15) is 5.82 Å². The predicted molar refractivity (Wildman–Crippen MR) is 92.2 cm³/mol. The van der Waals surface area contributed by atoms with Gasteiger partial charge in [-0.3, -0.25) is 4.79 Å². The number of nitrogens with zero attached hydrogens (tertiary/aromatic N) is 2. The number of pyridine rings is 1. The highest BCUT2D eigenvalue weighted by Gasteiger charge is 2.14. The van der Waals surface area contributed by atoms with Crippen molar-refractivity contribution >= 4 is 11.7 Å². The molecule has 128 valence electrons. The quantitative estimate of drug-likeness (QED) is 0.845. The van der Waals surface area contributed by atoms with Crippen LogP contribution < -0.4 is 10.2 Å². The van der Waals surface area contributed by atoms with Crippen molar-refractivity contribution in [1.82, 2.24) is 10.3 Å². The first-order valence-electron chi connectivity index (χ1n) is 8.71. The summed E-state index contributed by atoms with van der Waals surface area (Å²) < 4.78 is 0.